The van der Waals surface area contributed by atoms with Gasteiger partial charge in [-0.2, -0.15) is 5.10 Å². The number of hydrogen-bond acceptors (Lipinski definition) is 3. The van der Waals surface area contributed by atoms with Crippen molar-refractivity contribution in [1.82, 2.24) is 15.5 Å². The van der Waals surface area contributed by atoms with Crippen LogP contribution in [0.3, 0.4) is 0 Å². The van der Waals surface area contributed by atoms with E-state index in [1.807, 2.05) is 6.07 Å². The van der Waals surface area contributed by atoms with Crippen LogP contribution in [-0.4, -0.2) is 35.9 Å². The summed E-state index contributed by atoms with van der Waals surface area (Å²) in [5, 5.41) is 9.92. The Balaban J connectivity index is 1.77. The zero-order valence-corrected chi connectivity index (χ0v) is 14.5. The van der Waals surface area contributed by atoms with E-state index in [4.69, 9.17) is 4.74 Å². The highest BCUT2D eigenvalue weighted by atomic mass is 19.1. The molecular weight excluding hydrogens is 321 g/mol. The molecule has 5 nitrogen and oxygen atoms in total. The molecule has 0 atom stereocenters. The van der Waals surface area contributed by atoms with Crippen molar-refractivity contribution < 1.29 is 13.9 Å². The van der Waals surface area contributed by atoms with Gasteiger partial charge in [-0.05, 0) is 37.0 Å². The molecule has 1 aromatic carbocycles. The molecular formula is C19H24FN3O2. The maximum Gasteiger partial charge on any atom is 0.254 e. The van der Waals surface area contributed by atoms with Crippen LogP contribution in [0.5, 0.6) is 0 Å². The first-order valence-electron chi connectivity index (χ1n) is 8.79. The Morgan fingerprint density at radius 1 is 1.40 bits per heavy atom. The summed E-state index contributed by atoms with van der Waals surface area (Å²) in [6.07, 6.45) is 4.80. The third kappa shape index (κ3) is 3.90. The second-order valence-corrected chi connectivity index (χ2v) is 6.60. The summed E-state index contributed by atoms with van der Waals surface area (Å²) in [6.45, 7) is 3.73. The molecule has 2 aromatic rings. The number of H-pyrrole nitrogens is 1. The fraction of sp³-hybridized carbons (Fsp3) is 0.474. The fourth-order valence-corrected chi connectivity index (χ4v) is 3.44. The molecule has 1 aliphatic heterocycles. The van der Waals surface area contributed by atoms with Gasteiger partial charge >= 0.3 is 0 Å². The van der Waals surface area contributed by atoms with Crippen molar-refractivity contribution in [3.05, 3.63) is 53.1 Å². The number of carbonyl (C=O) groups excluding carboxylic acids is 1. The van der Waals surface area contributed by atoms with Crippen LogP contribution in [0.15, 0.2) is 30.5 Å². The average Bonchev–Trinajstić information content (AvgIpc) is 3.09. The highest BCUT2D eigenvalue weighted by Gasteiger charge is 2.35. The number of aromatic nitrogens is 2. The van der Waals surface area contributed by atoms with Gasteiger partial charge < -0.3 is 10.1 Å². The van der Waals surface area contributed by atoms with Gasteiger partial charge in [-0.15, -0.1) is 0 Å². The zero-order valence-electron chi connectivity index (χ0n) is 14.5. The number of nitrogens with zero attached hydrogens (tertiary/aromatic N) is 1. The fourth-order valence-electron chi connectivity index (χ4n) is 3.44. The lowest BCUT2D eigenvalue weighted by atomic mass is 9.74. The molecule has 1 aromatic heterocycles. The minimum atomic E-state index is -0.301. The molecule has 0 bridgehead atoms. The minimum absolute atomic E-state index is 0.139. The highest BCUT2D eigenvalue weighted by Crippen LogP contribution is 2.34. The minimum Gasteiger partial charge on any atom is -0.381 e. The van der Waals surface area contributed by atoms with E-state index in [0.717, 1.165) is 36.9 Å². The predicted molar refractivity (Wildman–Crippen MR) is 93.0 cm³/mol. The van der Waals surface area contributed by atoms with Crippen LogP contribution in [0.2, 0.25) is 0 Å². The van der Waals surface area contributed by atoms with Crippen molar-refractivity contribution >= 4 is 5.91 Å². The van der Waals surface area contributed by atoms with Gasteiger partial charge in [-0.3, -0.25) is 9.89 Å². The molecule has 0 aliphatic carbocycles. The Morgan fingerprint density at radius 3 is 2.92 bits per heavy atom. The summed E-state index contributed by atoms with van der Waals surface area (Å²) >= 11 is 0. The lowest BCUT2D eigenvalue weighted by Gasteiger charge is -2.38. The summed E-state index contributed by atoms with van der Waals surface area (Å²) in [4.78, 5) is 12.6. The molecule has 0 spiro atoms. The molecule has 134 valence electrons. The Bertz CT molecular complexity index is 723. The Kier molecular flexibility index (Phi) is 5.48. The second kappa shape index (κ2) is 7.78. The standard InChI is InChI=1S/C19H24FN3O2/c1-2-4-17-16(12-22-23-17)18(24)21-13-19(7-9-25-10-8-19)14-5-3-6-15(20)11-14/h3,5-6,11-12H,2,4,7-10,13H2,1H3,(H,21,24)(H,22,23). The van der Waals surface area contributed by atoms with Crippen LogP contribution in [-0.2, 0) is 16.6 Å². The molecule has 2 heterocycles. The van der Waals surface area contributed by atoms with Gasteiger partial charge in [-0.25, -0.2) is 4.39 Å². The van der Waals surface area contributed by atoms with Gasteiger partial charge in [0.15, 0.2) is 0 Å². The van der Waals surface area contributed by atoms with E-state index < -0.39 is 0 Å². The smallest absolute Gasteiger partial charge is 0.254 e. The summed E-state index contributed by atoms with van der Waals surface area (Å²) in [7, 11) is 0. The van der Waals surface area contributed by atoms with Gasteiger partial charge in [0.25, 0.3) is 5.91 Å². The number of carbonyl (C=O) groups is 1. The van der Waals surface area contributed by atoms with E-state index in [2.05, 4.69) is 22.4 Å². The molecule has 6 heteroatoms. The number of aromatic amines is 1. The van der Waals surface area contributed by atoms with E-state index in [1.165, 1.54) is 6.07 Å². The number of nitrogens with one attached hydrogen (secondary N) is 2. The molecule has 0 radical (unpaired) electrons. The summed E-state index contributed by atoms with van der Waals surface area (Å²) < 4.78 is 19.2. The van der Waals surface area contributed by atoms with Crippen molar-refractivity contribution in [3.63, 3.8) is 0 Å². The average molecular weight is 345 g/mol. The second-order valence-electron chi connectivity index (χ2n) is 6.60. The first-order valence-corrected chi connectivity index (χ1v) is 8.79. The molecule has 25 heavy (non-hydrogen) atoms. The first kappa shape index (κ1) is 17.6. The molecule has 1 aliphatic rings. The van der Waals surface area contributed by atoms with Gasteiger partial charge in [0.05, 0.1) is 11.8 Å². The SMILES string of the molecule is CCCc1[nH]ncc1C(=O)NCC1(c2cccc(F)c2)CCOCC1. The molecule has 1 fully saturated rings. The number of amides is 1. The van der Waals surface area contributed by atoms with Crippen LogP contribution in [0, 0.1) is 5.82 Å². The largest absolute Gasteiger partial charge is 0.381 e. The zero-order chi connectivity index (χ0) is 17.7. The number of rotatable bonds is 6. The van der Waals surface area contributed by atoms with Crippen molar-refractivity contribution in [1.29, 1.82) is 0 Å². The Hall–Kier alpha value is -2.21. The Labute approximate surface area is 147 Å². The monoisotopic (exact) mass is 345 g/mol. The predicted octanol–water partition coefficient (Wildman–Crippen LogP) is 2.98. The van der Waals surface area contributed by atoms with Crippen molar-refractivity contribution in [3.8, 4) is 0 Å². The summed E-state index contributed by atoms with van der Waals surface area (Å²) in [5.74, 6) is -0.394. The summed E-state index contributed by atoms with van der Waals surface area (Å²) in [6, 6.07) is 6.66. The normalized spacial score (nSPS) is 16.6. The number of aryl methyl sites for hydroxylation is 1. The highest BCUT2D eigenvalue weighted by molar-refractivity contribution is 5.95. The van der Waals surface area contributed by atoms with E-state index in [1.54, 1.807) is 18.3 Å². The molecule has 1 saturated heterocycles. The lowest BCUT2D eigenvalue weighted by Crippen LogP contribution is -2.44. The molecule has 0 saturated carbocycles. The third-order valence-corrected chi connectivity index (χ3v) is 4.94. The van der Waals surface area contributed by atoms with E-state index in [9.17, 15) is 9.18 Å². The lowest BCUT2D eigenvalue weighted by molar-refractivity contribution is 0.0486. The van der Waals surface area contributed by atoms with Crippen LogP contribution in [0.1, 0.15) is 47.8 Å². The maximum atomic E-state index is 13.7. The molecule has 2 N–H and O–H groups in total. The van der Waals surface area contributed by atoms with Gasteiger partial charge in [0, 0.05) is 30.9 Å². The van der Waals surface area contributed by atoms with Gasteiger partial charge in [0.1, 0.15) is 5.82 Å². The maximum absolute atomic E-state index is 13.7. The van der Waals surface area contributed by atoms with E-state index in [-0.39, 0.29) is 17.1 Å². The molecule has 1 amide bonds. The van der Waals surface area contributed by atoms with Crippen molar-refractivity contribution in [2.75, 3.05) is 19.8 Å². The van der Waals surface area contributed by atoms with E-state index in [0.29, 0.717) is 25.3 Å². The van der Waals surface area contributed by atoms with Crippen LogP contribution < -0.4 is 5.32 Å². The quantitative estimate of drug-likeness (QED) is 0.846. The van der Waals surface area contributed by atoms with Crippen molar-refractivity contribution in [2.24, 2.45) is 0 Å². The number of benzene rings is 1. The van der Waals surface area contributed by atoms with Gasteiger partial charge in [0.2, 0.25) is 0 Å². The topological polar surface area (TPSA) is 67.0 Å². The molecule has 0 unspecified atom stereocenters. The summed E-state index contributed by atoms with van der Waals surface area (Å²) in [5.41, 5.74) is 2.05. The Morgan fingerprint density at radius 2 is 2.20 bits per heavy atom. The third-order valence-electron chi connectivity index (χ3n) is 4.94. The molecule has 3 rings (SSSR count). The number of hydrogen-bond donors (Lipinski definition) is 2. The first-order chi connectivity index (χ1) is 12.1. The van der Waals surface area contributed by atoms with E-state index >= 15 is 0 Å². The van der Waals surface area contributed by atoms with Crippen LogP contribution in [0.4, 0.5) is 4.39 Å². The van der Waals surface area contributed by atoms with Crippen molar-refractivity contribution in [2.45, 2.75) is 38.0 Å². The van der Waals surface area contributed by atoms with Crippen LogP contribution in [0.25, 0.3) is 0 Å². The van der Waals surface area contributed by atoms with Crippen LogP contribution >= 0.6 is 0 Å². The van der Waals surface area contributed by atoms with Gasteiger partial charge in [-0.1, -0.05) is 25.5 Å². The number of ether oxygens (including phenoxy) is 1. The number of halogens is 1.